The second-order valence-corrected chi connectivity index (χ2v) is 20.9. The van der Waals surface area contributed by atoms with Crippen LogP contribution in [0.25, 0.3) is 0 Å². The van der Waals surface area contributed by atoms with Crippen molar-refractivity contribution < 1.29 is 13.7 Å². The fraction of sp³-hybridized carbons (Fsp3) is 0.720. The number of benzene rings is 1. The Morgan fingerprint density at radius 1 is 0.903 bits per heavy atom. The van der Waals surface area contributed by atoms with Gasteiger partial charge < -0.3 is 13.7 Å². The molecule has 0 saturated heterocycles. The van der Waals surface area contributed by atoms with Gasteiger partial charge in [0, 0.05) is 5.41 Å². The molecular weight excluding hydrogens is 418 g/mol. The molecule has 0 amide bonds. The van der Waals surface area contributed by atoms with Gasteiger partial charge in [-0.1, -0.05) is 12.1 Å². The highest BCUT2D eigenvalue weighted by molar-refractivity contribution is 6.71. The van der Waals surface area contributed by atoms with Crippen molar-refractivity contribution in [1.29, 1.82) is 0 Å². The third-order valence-corrected chi connectivity index (χ3v) is 9.23. The van der Waals surface area contributed by atoms with Crippen molar-refractivity contribution in [2.45, 2.75) is 90.6 Å². The standard InChI is InChI=1S/C25H41NO3Si2/c1-25-14-13-18-19(21(25)11-12-24(25)26-27-2)10-9-17-15-22(28-30(3,4)5)23(16-20(17)18)29-31(6,7)8/h15-16,18-19,21H,9-14H2,1-8H3/b26-24+. The van der Waals surface area contributed by atoms with Crippen LogP contribution in [0.2, 0.25) is 39.3 Å². The molecule has 3 aliphatic rings. The van der Waals surface area contributed by atoms with Gasteiger partial charge in [-0.05, 0) is 119 Å². The molecule has 4 nitrogen and oxygen atoms in total. The van der Waals surface area contributed by atoms with Gasteiger partial charge in [0.05, 0.1) is 5.71 Å². The van der Waals surface area contributed by atoms with E-state index in [1.807, 2.05) is 0 Å². The van der Waals surface area contributed by atoms with Crippen LogP contribution >= 0.6 is 0 Å². The molecule has 4 unspecified atom stereocenters. The lowest BCUT2D eigenvalue weighted by Crippen LogP contribution is -2.42. The van der Waals surface area contributed by atoms with E-state index < -0.39 is 16.6 Å². The first-order valence-corrected chi connectivity index (χ1v) is 18.9. The largest absolute Gasteiger partial charge is 0.542 e. The zero-order valence-electron chi connectivity index (χ0n) is 20.8. The van der Waals surface area contributed by atoms with E-state index in [2.05, 4.69) is 63.5 Å². The highest BCUT2D eigenvalue weighted by Crippen LogP contribution is 2.60. The number of fused-ring (bicyclic) bond motifs is 5. The first kappa shape index (κ1) is 22.9. The van der Waals surface area contributed by atoms with Crippen molar-refractivity contribution >= 4 is 22.3 Å². The minimum atomic E-state index is -1.74. The molecule has 4 atom stereocenters. The Morgan fingerprint density at radius 2 is 1.55 bits per heavy atom. The van der Waals surface area contributed by atoms with Crippen molar-refractivity contribution in [3.05, 3.63) is 23.3 Å². The van der Waals surface area contributed by atoms with E-state index in [0.717, 1.165) is 30.3 Å². The van der Waals surface area contributed by atoms with Gasteiger partial charge in [-0.2, -0.15) is 0 Å². The minimum absolute atomic E-state index is 0.215. The lowest BCUT2D eigenvalue weighted by molar-refractivity contribution is 0.0923. The lowest BCUT2D eigenvalue weighted by Gasteiger charge is -2.49. The summed E-state index contributed by atoms with van der Waals surface area (Å²) in [5, 5.41) is 4.45. The van der Waals surface area contributed by atoms with Gasteiger partial charge in [0.15, 0.2) is 0 Å². The number of oxime groups is 1. The molecule has 0 aliphatic heterocycles. The average Bonchev–Trinajstić information content (AvgIpc) is 2.97. The highest BCUT2D eigenvalue weighted by Gasteiger charge is 2.54. The predicted octanol–water partition coefficient (Wildman–Crippen LogP) is 6.97. The summed E-state index contributed by atoms with van der Waals surface area (Å²) in [5.74, 6) is 4.05. The smallest absolute Gasteiger partial charge is 0.242 e. The number of rotatable bonds is 5. The summed E-state index contributed by atoms with van der Waals surface area (Å²) in [5.41, 5.74) is 4.54. The molecule has 0 spiro atoms. The Balaban J connectivity index is 1.70. The van der Waals surface area contributed by atoms with E-state index >= 15 is 0 Å². The average molecular weight is 460 g/mol. The van der Waals surface area contributed by atoms with Gasteiger partial charge in [0.2, 0.25) is 16.6 Å². The van der Waals surface area contributed by atoms with E-state index in [0.29, 0.717) is 11.8 Å². The first-order valence-electron chi connectivity index (χ1n) is 12.1. The summed E-state index contributed by atoms with van der Waals surface area (Å²) in [6, 6.07) is 4.71. The summed E-state index contributed by atoms with van der Waals surface area (Å²) in [6.45, 7) is 16.0. The van der Waals surface area contributed by atoms with E-state index in [9.17, 15) is 0 Å². The van der Waals surface area contributed by atoms with Crippen LogP contribution in [0.15, 0.2) is 17.3 Å². The summed E-state index contributed by atoms with van der Waals surface area (Å²) in [7, 11) is -1.77. The van der Waals surface area contributed by atoms with Crippen LogP contribution in [0.3, 0.4) is 0 Å². The van der Waals surface area contributed by atoms with Gasteiger partial charge in [-0.15, -0.1) is 0 Å². The molecule has 3 aliphatic carbocycles. The molecular formula is C25H41NO3Si2. The molecule has 2 fully saturated rings. The Labute approximate surface area is 191 Å². The summed E-state index contributed by atoms with van der Waals surface area (Å²) < 4.78 is 13.1. The Morgan fingerprint density at radius 3 is 2.16 bits per heavy atom. The van der Waals surface area contributed by atoms with Crippen LogP contribution < -0.4 is 8.85 Å². The fourth-order valence-corrected chi connectivity index (χ4v) is 8.08. The third kappa shape index (κ3) is 4.47. The molecule has 0 bridgehead atoms. The second kappa shape index (κ2) is 7.94. The molecule has 1 aromatic carbocycles. The van der Waals surface area contributed by atoms with Gasteiger partial charge >= 0.3 is 0 Å². The Kier molecular flexibility index (Phi) is 5.87. The number of aryl methyl sites for hydroxylation is 1. The topological polar surface area (TPSA) is 40.0 Å². The van der Waals surface area contributed by atoms with Crippen molar-refractivity contribution in [2.24, 2.45) is 22.4 Å². The van der Waals surface area contributed by atoms with E-state index in [1.54, 1.807) is 7.11 Å². The zero-order chi connectivity index (χ0) is 22.6. The molecule has 0 heterocycles. The SMILES string of the molecule is CO/N=C1\CCC2C3CCc4cc(O[Si](C)(C)C)c(O[Si](C)(C)C)cc4C3CCC12C. The molecule has 2 saturated carbocycles. The van der Waals surface area contributed by atoms with Gasteiger partial charge in [0.25, 0.3) is 0 Å². The summed E-state index contributed by atoms with van der Waals surface area (Å²) >= 11 is 0. The third-order valence-electron chi connectivity index (χ3n) is 7.56. The van der Waals surface area contributed by atoms with E-state index in [4.69, 9.17) is 13.7 Å². The number of hydrogen-bond donors (Lipinski definition) is 0. The van der Waals surface area contributed by atoms with E-state index in [-0.39, 0.29) is 5.41 Å². The minimum Gasteiger partial charge on any atom is -0.542 e. The van der Waals surface area contributed by atoms with E-state index in [1.165, 1.54) is 42.5 Å². The molecule has 1 aromatic rings. The molecule has 6 heteroatoms. The van der Waals surface area contributed by atoms with Crippen molar-refractivity contribution in [3.8, 4) is 11.5 Å². The Bertz CT molecular complexity index is 871. The predicted molar refractivity (Wildman–Crippen MR) is 133 cm³/mol. The van der Waals surface area contributed by atoms with Gasteiger partial charge in [-0.3, -0.25) is 0 Å². The van der Waals surface area contributed by atoms with Gasteiger partial charge in [0.1, 0.15) is 18.6 Å². The zero-order valence-corrected chi connectivity index (χ0v) is 22.8. The molecule has 0 radical (unpaired) electrons. The van der Waals surface area contributed by atoms with Gasteiger partial charge in [-0.25, -0.2) is 0 Å². The van der Waals surface area contributed by atoms with Crippen LogP contribution in [-0.2, 0) is 11.3 Å². The van der Waals surface area contributed by atoms with Crippen LogP contribution in [0, 0.1) is 17.3 Å². The maximum Gasteiger partial charge on any atom is 0.242 e. The normalized spacial score (nSPS) is 31.6. The van der Waals surface area contributed by atoms with Crippen LogP contribution in [0.5, 0.6) is 11.5 Å². The van der Waals surface area contributed by atoms with Crippen LogP contribution in [0.4, 0.5) is 0 Å². The Hall–Kier alpha value is -1.28. The first-order chi connectivity index (χ1) is 14.4. The molecule has 172 valence electrons. The quantitative estimate of drug-likeness (QED) is 0.352. The summed E-state index contributed by atoms with van der Waals surface area (Å²) in [4.78, 5) is 5.21. The van der Waals surface area contributed by atoms with Crippen LogP contribution in [-0.4, -0.2) is 29.5 Å². The van der Waals surface area contributed by atoms with Crippen molar-refractivity contribution in [1.82, 2.24) is 0 Å². The summed E-state index contributed by atoms with van der Waals surface area (Å²) in [6.07, 6.45) is 7.21. The highest BCUT2D eigenvalue weighted by atomic mass is 28.4. The monoisotopic (exact) mass is 459 g/mol. The number of nitrogens with zero attached hydrogens (tertiary/aromatic N) is 1. The lowest BCUT2D eigenvalue weighted by atomic mass is 9.55. The fourth-order valence-electron chi connectivity index (χ4n) is 6.45. The molecule has 0 N–H and O–H groups in total. The molecule has 0 aromatic heterocycles. The van der Waals surface area contributed by atoms with Crippen molar-refractivity contribution in [3.63, 3.8) is 0 Å². The second-order valence-electron chi connectivity index (χ2n) is 12.1. The maximum atomic E-state index is 6.58. The van der Waals surface area contributed by atoms with Crippen LogP contribution in [0.1, 0.15) is 56.1 Å². The van der Waals surface area contributed by atoms with Crippen molar-refractivity contribution in [2.75, 3.05) is 7.11 Å². The number of hydrogen-bond acceptors (Lipinski definition) is 4. The maximum absolute atomic E-state index is 6.58. The molecule has 31 heavy (non-hydrogen) atoms. The molecule has 4 rings (SSSR count).